The van der Waals surface area contributed by atoms with Crippen LogP contribution in [0.3, 0.4) is 0 Å². The molecule has 1 aliphatic rings. The van der Waals surface area contributed by atoms with E-state index in [1.54, 1.807) is 11.3 Å². The van der Waals surface area contributed by atoms with Gasteiger partial charge in [-0.25, -0.2) is 9.98 Å². The smallest absolute Gasteiger partial charge is 0.188 e. The first-order valence-corrected chi connectivity index (χ1v) is 14.2. The van der Waals surface area contributed by atoms with Gasteiger partial charge in [-0.2, -0.15) is 0 Å². The number of aromatic nitrogens is 1. The molecule has 40 heavy (non-hydrogen) atoms. The van der Waals surface area contributed by atoms with E-state index >= 15 is 0 Å². The number of nitrogens with one attached hydrogen (secondary N) is 1. The topological polar surface area (TPSA) is 78.4 Å². The second-order valence-corrected chi connectivity index (χ2v) is 11.3. The van der Waals surface area contributed by atoms with Crippen LogP contribution >= 0.6 is 11.3 Å². The Balaban J connectivity index is 1.39. The highest BCUT2D eigenvalue weighted by Gasteiger charge is 2.27. The Kier molecular flexibility index (Phi) is 6.78. The largest absolute Gasteiger partial charge is 0.382 e. The second kappa shape index (κ2) is 10.5. The van der Waals surface area contributed by atoms with Crippen LogP contribution in [0.25, 0.3) is 11.1 Å². The van der Waals surface area contributed by atoms with Crippen LogP contribution in [-0.4, -0.2) is 16.5 Å². The lowest BCUT2D eigenvalue weighted by molar-refractivity contribution is 0.796. The quantitative estimate of drug-likeness (QED) is 0.222. The normalized spacial score (nSPS) is 12.4. The molecule has 198 valence electrons. The van der Waals surface area contributed by atoms with Crippen LogP contribution < -0.4 is 10.6 Å². The number of nitrogens with two attached hydrogens (primary N) is 1. The third-order valence-corrected chi connectivity index (χ3v) is 8.60. The minimum absolute atomic E-state index is 0.258. The van der Waals surface area contributed by atoms with Crippen molar-refractivity contribution in [2.45, 2.75) is 33.9 Å². The van der Waals surface area contributed by atoms with E-state index in [2.05, 4.69) is 103 Å². The van der Waals surface area contributed by atoms with Gasteiger partial charge in [-0.15, -0.1) is 0 Å². The van der Waals surface area contributed by atoms with Gasteiger partial charge >= 0.3 is 0 Å². The SMILES string of the molecule is Cc1cc(C)c(-c2ccc3c(c2)C(c2sc(N(Cc4ccccc4)Cc4ccccc4)nc2N)=NC3=N)cc1C. The number of hydrogen-bond acceptors (Lipinski definition) is 5. The molecule has 1 aliphatic heterocycles. The zero-order valence-electron chi connectivity index (χ0n) is 22.9. The number of fused-ring (bicyclic) bond motifs is 1. The summed E-state index contributed by atoms with van der Waals surface area (Å²) in [6.45, 7) is 7.84. The molecule has 2 heterocycles. The summed E-state index contributed by atoms with van der Waals surface area (Å²) in [7, 11) is 0. The number of aryl methyl sites for hydroxylation is 3. The Labute approximate surface area is 239 Å². The van der Waals surface area contributed by atoms with Crippen LogP contribution in [0.15, 0.2) is 96.0 Å². The summed E-state index contributed by atoms with van der Waals surface area (Å²) in [6, 6.07) is 31.5. The average molecular weight is 542 g/mol. The van der Waals surface area contributed by atoms with Gasteiger partial charge in [0.15, 0.2) is 11.0 Å². The molecule has 0 aliphatic carbocycles. The minimum Gasteiger partial charge on any atom is -0.382 e. The summed E-state index contributed by atoms with van der Waals surface area (Å²) in [6.07, 6.45) is 0. The maximum absolute atomic E-state index is 8.59. The van der Waals surface area contributed by atoms with Gasteiger partial charge in [-0.3, -0.25) is 5.41 Å². The molecule has 0 fully saturated rings. The maximum atomic E-state index is 8.59. The van der Waals surface area contributed by atoms with Crippen molar-refractivity contribution in [3.05, 3.63) is 135 Å². The number of hydrogen-bond donors (Lipinski definition) is 2. The summed E-state index contributed by atoms with van der Waals surface area (Å²) in [5.41, 5.74) is 17.5. The molecule has 0 atom stereocenters. The molecule has 3 N–H and O–H groups in total. The van der Waals surface area contributed by atoms with Gasteiger partial charge in [0.2, 0.25) is 0 Å². The molecule has 6 heteroatoms. The molecule has 5 nitrogen and oxygen atoms in total. The Morgan fingerprint density at radius 1 is 0.725 bits per heavy atom. The highest BCUT2D eigenvalue weighted by Crippen LogP contribution is 2.37. The zero-order chi connectivity index (χ0) is 27.8. The predicted octanol–water partition coefficient (Wildman–Crippen LogP) is 7.70. The molecular weight excluding hydrogens is 510 g/mol. The van der Waals surface area contributed by atoms with E-state index in [1.165, 1.54) is 33.4 Å². The molecule has 0 unspecified atom stereocenters. The fraction of sp³-hybridized carbons (Fsp3) is 0.147. The highest BCUT2D eigenvalue weighted by molar-refractivity contribution is 7.18. The molecule has 0 saturated carbocycles. The van der Waals surface area contributed by atoms with E-state index in [-0.39, 0.29) is 5.84 Å². The van der Waals surface area contributed by atoms with E-state index in [0.717, 1.165) is 32.4 Å². The summed E-state index contributed by atoms with van der Waals surface area (Å²) in [5.74, 6) is 0.700. The van der Waals surface area contributed by atoms with E-state index < -0.39 is 0 Å². The van der Waals surface area contributed by atoms with Gasteiger partial charge in [-0.05, 0) is 71.8 Å². The number of amidine groups is 1. The van der Waals surface area contributed by atoms with Crippen molar-refractivity contribution in [2.75, 3.05) is 10.6 Å². The summed E-state index contributed by atoms with van der Waals surface area (Å²) >= 11 is 1.54. The third kappa shape index (κ3) is 4.94. The summed E-state index contributed by atoms with van der Waals surface area (Å²) < 4.78 is 0. The van der Waals surface area contributed by atoms with E-state index in [1.807, 2.05) is 18.2 Å². The summed E-state index contributed by atoms with van der Waals surface area (Å²) in [5, 5.41) is 9.43. The zero-order valence-corrected chi connectivity index (χ0v) is 23.7. The first-order chi connectivity index (χ1) is 19.4. The van der Waals surface area contributed by atoms with E-state index in [9.17, 15) is 0 Å². The van der Waals surface area contributed by atoms with E-state index in [4.69, 9.17) is 16.1 Å². The van der Waals surface area contributed by atoms with E-state index in [0.29, 0.717) is 18.9 Å². The molecule has 0 radical (unpaired) electrons. The van der Waals surface area contributed by atoms with Crippen molar-refractivity contribution in [1.82, 2.24) is 4.98 Å². The van der Waals surface area contributed by atoms with Crippen LogP contribution in [0.5, 0.6) is 0 Å². The molecule has 6 rings (SSSR count). The van der Waals surface area contributed by atoms with Gasteiger partial charge in [0.05, 0.1) is 10.6 Å². The number of nitrogens with zero attached hydrogens (tertiary/aromatic N) is 3. The maximum Gasteiger partial charge on any atom is 0.188 e. The monoisotopic (exact) mass is 541 g/mol. The molecule has 5 aromatic rings. The Morgan fingerprint density at radius 3 is 2.00 bits per heavy atom. The van der Waals surface area contributed by atoms with Crippen LogP contribution in [0.4, 0.5) is 10.9 Å². The predicted molar refractivity (Wildman–Crippen MR) is 168 cm³/mol. The van der Waals surface area contributed by atoms with Gasteiger partial charge in [0.25, 0.3) is 0 Å². The molecule has 0 saturated heterocycles. The number of benzene rings is 4. The lowest BCUT2D eigenvalue weighted by Gasteiger charge is -2.22. The number of anilines is 2. The number of aliphatic imine (C=N–C) groups is 1. The van der Waals surface area contributed by atoms with Gasteiger partial charge in [-0.1, -0.05) is 90.2 Å². The molecule has 0 bridgehead atoms. The Hall–Kier alpha value is -4.55. The third-order valence-electron chi connectivity index (χ3n) is 7.47. The Bertz CT molecular complexity index is 1710. The average Bonchev–Trinajstić information content (AvgIpc) is 3.50. The van der Waals surface area contributed by atoms with Crippen molar-refractivity contribution in [1.29, 1.82) is 5.41 Å². The number of nitrogen functional groups attached to an aromatic ring is 1. The second-order valence-electron chi connectivity index (χ2n) is 10.4. The number of thiazole rings is 1. The Morgan fingerprint density at radius 2 is 1.35 bits per heavy atom. The van der Waals surface area contributed by atoms with Crippen molar-refractivity contribution in [3.63, 3.8) is 0 Å². The number of rotatable bonds is 7. The molecule has 0 amide bonds. The molecule has 0 spiro atoms. The molecule has 4 aromatic carbocycles. The fourth-order valence-electron chi connectivity index (χ4n) is 5.21. The first kappa shape index (κ1) is 25.7. The van der Waals surface area contributed by atoms with Gasteiger partial charge in [0.1, 0.15) is 5.82 Å². The van der Waals surface area contributed by atoms with Crippen LogP contribution in [-0.2, 0) is 13.1 Å². The van der Waals surface area contributed by atoms with Crippen molar-refractivity contribution >= 4 is 33.8 Å². The fourth-order valence-corrected chi connectivity index (χ4v) is 6.20. The van der Waals surface area contributed by atoms with Gasteiger partial charge in [0, 0.05) is 24.2 Å². The highest BCUT2D eigenvalue weighted by atomic mass is 32.1. The van der Waals surface area contributed by atoms with Gasteiger partial charge < -0.3 is 10.6 Å². The molecular formula is C34H31N5S. The van der Waals surface area contributed by atoms with Crippen LogP contribution in [0, 0.1) is 26.2 Å². The standard InChI is InChI=1S/C34H31N5S/c1-21-16-23(3)28(17-22(21)2)26-14-15-27-29(18-26)30(37-32(27)35)31-33(36)38-34(40-31)39(19-24-10-6-4-7-11-24)20-25-12-8-5-9-13-25/h4-18,35H,19-20,36H2,1-3H3. The lowest BCUT2D eigenvalue weighted by atomic mass is 9.92. The van der Waals surface area contributed by atoms with Crippen molar-refractivity contribution in [2.24, 2.45) is 4.99 Å². The lowest BCUT2D eigenvalue weighted by Crippen LogP contribution is -2.22. The van der Waals surface area contributed by atoms with Crippen LogP contribution in [0.2, 0.25) is 0 Å². The first-order valence-electron chi connectivity index (χ1n) is 13.4. The van der Waals surface area contributed by atoms with Crippen molar-refractivity contribution in [3.8, 4) is 11.1 Å². The molecule has 1 aromatic heterocycles. The minimum atomic E-state index is 0.258. The van der Waals surface area contributed by atoms with Crippen molar-refractivity contribution < 1.29 is 0 Å². The van der Waals surface area contributed by atoms with Crippen LogP contribution in [0.1, 0.15) is 43.8 Å². The summed E-state index contributed by atoms with van der Waals surface area (Å²) in [4.78, 5) is 12.6.